The van der Waals surface area contributed by atoms with Gasteiger partial charge < -0.3 is 14.8 Å². The topological polar surface area (TPSA) is 33.1 Å². The molecule has 0 saturated carbocycles. The predicted octanol–water partition coefficient (Wildman–Crippen LogP) is 2.15. The number of likely N-dealkylation sites (tertiary alicyclic amines) is 1. The lowest BCUT2D eigenvalue weighted by molar-refractivity contribution is 0.293. The Balaban J connectivity index is 1.53. The van der Waals surface area contributed by atoms with Crippen LogP contribution in [0.1, 0.15) is 25.1 Å². The van der Waals surface area contributed by atoms with Crippen LogP contribution in [0.5, 0.6) is 0 Å². The van der Waals surface area contributed by atoms with E-state index in [1.54, 1.807) is 0 Å². The highest BCUT2D eigenvalue weighted by Crippen LogP contribution is 2.17. The van der Waals surface area contributed by atoms with Crippen LogP contribution < -0.4 is 5.32 Å². The Labute approximate surface area is 120 Å². The Morgan fingerprint density at radius 1 is 1.30 bits per heavy atom. The lowest BCUT2D eigenvalue weighted by Gasteiger charge is -2.19. The normalized spacial score (nSPS) is 20.0. The van der Waals surface area contributed by atoms with E-state index in [1.807, 2.05) is 6.07 Å². The van der Waals surface area contributed by atoms with Crippen molar-refractivity contribution in [2.75, 3.05) is 20.1 Å². The molecule has 1 aliphatic rings. The number of aryl methyl sites for hydroxylation is 1. The maximum Gasteiger partial charge on any atom is 0.123 e. The lowest BCUT2D eigenvalue weighted by Crippen LogP contribution is -2.29. The molecule has 4 heteroatoms. The molecule has 20 heavy (non-hydrogen) atoms. The van der Waals surface area contributed by atoms with E-state index in [0.29, 0.717) is 0 Å². The van der Waals surface area contributed by atoms with Gasteiger partial charge >= 0.3 is 0 Å². The molecule has 3 rings (SSSR count). The fraction of sp³-hybridized carbons (Fsp3) is 0.562. The first-order valence-corrected chi connectivity index (χ1v) is 7.57. The molecule has 4 nitrogen and oxygen atoms in total. The maximum atomic E-state index is 4.69. The second kappa shape index (κ2) is 5.94. The van der Waals surface area contributed by atoms with Crippen LogP contribution in [0.3, 0.4) is 0 Å². The first-order valence-electron chi connectivity index (χ1n) is 7.57. The summed E-state index contributed by atoms with van der Waals surface area (Å²) in [7, 11) is 4.33. The summed E-state index contributed by atoms with van der Waals surface area (Å²) >= 11 is 0. The molecule has 2 aromatic rings. The molecule has 1 atom stereocenters. The number of aromatic nitrogens is 2. The van der Waals surface area contributed by atoms with Crippen molar-refractivity contribution < 1.29 is 0 Å². The summed E-state index contributed by atoms with van der Waals surface area (Å²) in [5.41, 5.74) is 2.29. The van der Waals surface area contributed by atoms with Crippen molar-refractivity contribution >= 4 is 11.0 Å². The second-order valence-electron chi connectivity index (χ2n) is 5.82. The van der Waals surface area contributed by atoms with Crippen LogP contribution >= 0.6 is 0 Å². The van der Waals surface area contributed by atoms with Gasteiger partial charge in [0, 0.05) is 13.1 Å². The standard InChI is InChI=1S/C16H24N4/c1-19-11-5-6-13(19)9-10-17-12-16-18-14-7-3-4-8-15(14)20(16)2/h3-4,7-8,13,17H,5-6,9-12H2,1-2H3. The number of benzene rings is 1. The zero-order valence-electron chi connectivity index (χ0n) is 12.5. The molecule has 0 spiro atoms. The number of fused-ring (bicyclic) bond motifs is 1. The van der Waals surface area contributed by atoms with Crippen molar-refractivity contribution in [2.24, 2.45) is 7.05 Å². The highest BCUT2D eigenvalue weighted by atomic mass is 15.1. The summed E-state index contributed by atoms with van der Waals surface area (Å²) in [6, 6.07) is 9.08. The van der Waals surface area contributed by atoms with E-state index in [-0.39, 0.29) is 0 Å². The summed E-state index contributed by atoms with van der Waals surface area (Å²) < 4.78 is 2.18. The third-order valence-corrected chi connectivity index (χ3v) is 4.49. The molecule has 1 unspecified atom stereocenters. The fourth-order valence-corrected chi connectivity index (χ4v) is 3.17. The van der Waals surface area contributed by atoms with E-state index >= 15 is 0 Å². The third-order valence-electron chi connectivity index (χ3n) is 4.49. The van der Waals surface area contributed by atoms with Gasteiger partial charge in [-0.25, -0.2) is 4.98 Å². The smallest absolute Gasteiger partial charge is 0.123 e. The minimum Gasteiger partial charge on any atom is -0.330 e. The largest absolute Gasteiger partial charge is 0.330 e. The van der Waals surface area contributed by atoms with Crippen molar-refractivity contribution in [3.8, 4) is 0 Å². The van der Waals surface area contributed by atoms with Crippen molar-refractivity contribution in [3.63, 3.8) is 0 Å². The number of nitrogens with one attached hydrogen (secondary N) is 1. The van der Waals surface area contributed by atoms with Crippen LogP contribution in [0.2, 0.25) is 0 Å². The maximum absolute atomic E-state index is 4.69. The van der Waals surface area contributed by atoms with Crippen LogP contribution in [0.25, 0.3) is 11.0 Å². The summed E-state index contributed by atoms with van der Waals surface area (Å²) in [5, 5.41) is 3.54. The van der Waals surface area contributed by atoms with E-state index in [0.717, 1.165) is 30.5 Å². The van der Waals surface area contributed by atoms with E-state index < -0.39 is 0 Å². The van der Waals surface area contributed by atoms with Crippen molar-refractivity contribution in [3.05, 3.63) is 30.1 Å². The number of hydrogen-bond donors (Lipinski definition) is 1. The van der Waals surface area contributed by atoms with Gasteiger partial charge in [0.05, 0.1) is 17.6 Å². The predicted molar refractivity (Wildman–Crippen MR) is 82.7 cm³/mol. The Hall–Kier alpha value is -1.39. The summed E-state index contributed by atoms with van der Waals surface area (Å²) in [4.78, 5) is 7.17. The molecule has 1 N–H and O–H groups in total. The van der Waals surface area contributed by atoms with Crippen molar-refractivity contribution in [1.82, 2.24) is 19.8 Å². The second-order valence-corrected chi connectivity index (χ2v) is 5.82. The Kier molecular flexibility index (Phi) is 4.03. The van der Waals surface area contributed by atoms with E-state index in [4.69, 9.17) is 0 Å². The fourth-order valence-electron chi connectivity index (χ4n) is 3.17. The number of para-hydroxylation sites is 2. The Morgan fingerprint density at radius 2 is 2.15 bits per heavy atom. The Bertz CT molecular complexity index is 575. The zero-order valence-corrected chi connectivity index (χ0v) is 12.5. The Morgan fingerprint density at radius 3 is 2.90 bits per heavy atom. The monoisotopic (exact) mass is 272 g/mol. The average Bonchev–Trinajstić information content (AvgIpc) is 3.00. The summed E-state index contributed by atoms with van der Waals surface area (Å²) in [5.74, 6) is 1.12. The first-order chi connectivity index (χ1) is 9.75. The van der Waals surface area contributed by atoms with Gasteiger partial charge in [0.25, 0.3) is 0 Å². The third kappa shape index (κ3) is 2.72. The molecular formula is C16H24N4. The van der Waals surface area contributed by atoms with Crippen LogP contribution in [-0.4, -0.2) is 40.6 Å². The zero-order chi connectivity index (χ0) is 13.9. The molecule has 1 aromatic carbocycles. The molecule has 108 valence electrons. The van der Waals surface area contributed by atoms with Gasteiger partial charge in [-0.15, -0.1) is 0 Å². The number of rotatable bonds is 5. The summed E-state index contributed by atoms with van der Waals surface area (Å²) in [6.07, 6.45) is 3.94. The van der Waals surface area contributed by atoms with E-state index in [2.05, 4.69) is 52.1 Å². The van der Waals surface area contributed by atoms with Crippen LogP contribution in [0.4, 0.5) is 0 Å². The molecule has 0 amide bonds. The minimum atomic E-state index is 0.767. The molecule has 2 heterocycles. The van der Waals surface area contributed by atoms with Crippen molar-refractivity contribution in [1.29, 1.82) is 0 Å². The quantitative estimate of drug-likeness (QED) is 0.847. The average molecular weight is 272 g/mol. The first kappa shape index (κ1) is 13.6. The minimum absolute atomic E-state index is 0.767. The molecule has 1 saturated heterocycles. The molecule has 1 fully saturated rings. The van der Waals surface area contributed by atoms with Crippen LogP contribution in [0.15, 0.2) is 24.3 Å². The number of imidazole rings is 1. The highest BCUT2D eigenvalue weighted by molar-refractivity contribution is 5.75. The van der Waals surface area contributed by atoms with Gasteiger partial charge in [-0.3, -0.25) is 0 Å². The van der Waals surface area contributed by atoms with Crippen molar-refractivity contribution in [2.45, 2.75) is 31.8 Å². The van der Waals surface area contributed by atoms with Gasteiger partial charge in [-0.2, -0.15) is 0 Å². The SMILES string of the molecule is CN1CCCC1CCNCc1nc2ccccc2n1C. The molecular weight excluding hydrogens is 248 g/mol. The molecule has 1 aliphatic heterocycles. The summed E-state index contributed by atoms with van der Waals surface area (Å²) in [6.45, 7) is 3.18. The van der Waals surface area contributed by atoms with E-state index in [1.165, 1.54) is 31.3 Å². The van der Waals surface area contributed by atoms with E-state index in [9.17, 15) is 0 Å². The lowest BCUT2D eigenvalue weighted by atomic mass is 10.1. The van der Waals surface area contributed by atoms with Gasteiger partial charge in [-0.1, -0.05) is 12.1 Å². The van der Waals surface area contributed by atoms with Gasteiger partial charge in [0.2, 0.25) is 0 Å². The molecule has 1 aromatic heterocycles. The van der Waals surface area contributed by atoms with Gasteiger partial charge in [0.15, 0.2) is 0 Å². The molecule has 0 bridgehead atoms. The highest BCUT2D eigenvalue weighted by Gasteiger charge is 2.19. The number of hydrogen-bond acceptors (Lipinski definition) is 3. The van der Waals surface area contributed by atoms with Gasteiger partial charge in [-0.05, 0) is 51.5 Å². The van der Waals surface area contributed by atoms with Crippen LogP contribution in [-0.2, 0) is 13.6 Å². The van der Waals surface area contributed by atoms with Gasteiger partial charge in [0.1, 0.15) is 5.82 Å². The molecule has 0 aliphatic carbocycles. The van der Waals surface area contributed by atoms with Crippen LogP contribution in [0, 0.1) is 0 Å². The molecule has 0 radical (unpaired) electrons. The number of nitrogens with zero attached hydrogens (tertiary/aromatic N) is 3.